The fourth-order valence-electron chi connectivity index (χ4n) is 9.32. The second kappa shape index (κ2) is 25.2. The maximum atomic E-state index is 15.4. The second-order valence-corrected chi connectivity index (χ2v) is 18.2. The number of aliphatic hydroxyl groups is 1. The van der Waals surface area contributed by atoms with Crippen LogP contribution in [0.25, 0.3) is 22.3 Å². The Labute approximate surface area is 425 Å². The second-order valence-electron chi connectivity index (χ2n) is 18.2. The zero-order valence-electron chi connectivity index (χ0n) is 41.4. The zero-order valence-corrected chi connectivity index (χ0v) is 41.4. The van der Waals surface area contributed by atoms with E-state index < -0.39 is 71.7 Å². The Morgan fingerprint density at radius 1 is 0.892 bits per heavy atom. The Kier molecular flexibility index (Phi) is 18.6. The first-order chi connectivity index (χ1) is 35.6. The summed E-state index contributed by atoms with van der Waals surface area (Å²) in [6.45, 7) is 3.90. The van der Waals surface area contributed by atoms with Gasteiger partial charge in [0.25, 0.3) is 11.5 Å². The largest absolute Gasteiger partial charge is 0.458 e. The Balaban J connectivity index is 0.879. The lowest BCUT2D eigenvalue weighted by Crippen LogP contribution is -2.53. The van der Waals surface area contributed by atoms with Crippen LogP contribution in [0.15, 0.2) is 47.3 Å². The highest BCUT2D eigenvalue weighted by molar-refractivity contribution is 5.94. The molecule has 7 rings (SSSR count). The lowest BCUT2D eigenvalue weighted by Gasteiger charge is -2.31. The predicted octanol–water partition coefficient (Wildman–Crippen LogP) is -0.120. The molecular formula is C51H63FN10O12. The van der Waals surface area contributed by atoms with Crippen LogP contribution in [0.3, 0.4) is 0 Å². The number of fused-ring (bicyclic) bond motifs is 5. The van der Waals surface area contributed by atoms with E-state index in [1.807, 2.05) is 6.07 Å². The van der Waals surface area contributed by atoms with Gasteiger partial charge in [0.05, 0.1) is 74.6 Å². The molecule has 1 aliphatic carbocycles. The van der Waals surface area contributed by atoms with Crippen LogP contribution in [0.1, 0.15) is 90.4 Å². The third-order valence-electron chi connectivity index (χ3n) is 13.2. The maximum absolute atomic E-state index is 15.4. The third kappa shape index (κ3) is 12.9. The van der Waals surface area contributed by atoms with Crippen LogP contribution in [0.4, 0.5) is 4.39 Å². The van der Waals surface area contributed by atoms with Gasteiger partial charge in [-0.1, -0.05) is 37.3 Å². The van der Waals surface area contributed by atoms with Gasteiger partial charge >= 0.3 is 5.97 Å². The summed E-state index contributed by atoms with van der Waals surface area (Å²) in [5.41, 5.74) is 13.1. The summed E-state index contributed by atoms with van der Waals surface area (Å²) in [6.07, 6.45) is 1.55. The number of carbonyl (C=O) groups excluding carboxylic acids is 7. The number of carbonyl (C=O) groups is 7. The highest BCUT2D eigenvalue weighted by Crippen LogP contribution is 2.46. The molecule has 0 bridgehead atoms. The fourth-order valence-corrected chi connectivity index (χ4v) is 9.32. The van der Waals surface area contributed by atoms with Crippen LogP contribution >= 0.6 is 0 Å². The fraction of sp³-hybridized carbons (Fsp3) is 0.471. The van der Waals surface area contributed by atoms with Gasteiger partial charge in [0.1, 0.15) is 18.5 Å². The van der Waals surface area contributed by atoms with E-state index in [9.17, 15) is 43.5 Å². The molecule has 6 amide bonds. The average molecular weight is 1030 g/mol. The third-order valence-corrected chi connectivity index (χ3v) is 13.2. The number of nitrogens with two attached hydrogens (primary N) is 1. The van der Waals surface area contributed by atoms with Crippen LogP contribution < -0.4 is 48.7 Å². The molecule has 0 saturated heterocycles. The molecule has 2 aromatic heterocycles. The van der Waals surface area contributed by atoms with Crippen molar-refractivity contribution in [3.8, 4) is 11.4 Å². The minimum atomic E-state index is -2.03. The number of esters is 1. The molecule has 1 unspecified atom stereocenters. The number of amides is 6. The predicted molar refractivity (Wildman–Crippen MR) is 265 cm³/mol. The lowest BCUT2D eigenvalue weighted by atomic mass is 9.81. The molecule has 396 valence electrons. The molecule has 23 heteroatoms. The van der Waals surface area contributed by atoms with Gasteiger partial charge in [0.2, 0.25) is 29.5 Å². The molecule has 0 spiro atoms. The van der Waals surface area contributed by atoms with Crippen molar-refractivity contribution in [2.75, 3.05) is 59.2 Å². The number of halogens is 1. The van der Waals surface area contributed by atoms with Gasteiger partial charge in [0.15, 0.2) is 5.60 Å². The number of hydrogen-bond donors (Lipinski definition) is 9. The number of aryl methyl sites for hydroxylation is 1. The summed E-state index contributed by atoms with van der Waals surface area (Å²) in [6, 6.07) is 10.3. The lowest BCUT2D eigenvalue weighted by molar-refractivity contribution is -0.172. The molecule has 4 aromatic rings. The van der Waals surface area contributed by atoms with E-state index in [0.29, 0.717) is 59.4 Å². The van der Waals surface area contributed by atoms with Gasteiger partial charge < -0.3 is 56.2 Å². The van der Waals surface area contributed by atoms with Crippen molar-refractivity contribution < 1.29 is 57.3 Å². The molecule has 4 heterocycles. The molecule has 3 aliphatic rings. The van der Waals surface area contributed by atoms with Crippen molar-refractivity contribution in [1.82, 2.24) is 47.0 Å². The number of nitrogens with one attached hydrogen (secondary N) is 7. The van der Waals surface area contributed by atoms with E-state index in [4.69, 9.17) is 24.9 Å². The minimum absolute atomic E-state index is 0.0174. The molecule has 2 aromatic carbocycles. The number of rotatable bonds is 26. The topological polar surface area (TPSA) is 313 Å². The maximum Gasteiger partial charge on any atom is 0.343 e. The smallest absolute Gasteiger partial charge is 0.343 e. The van der Waals surface area contributed by atoms with Gasteiger partial charge in [-0.15, -0.1) is 0 Å². The molecule has 0 radical (unpaired) electrons. The number of cyclic esters (lactones) is 1. The van der Waals surface area contributed by atoms with E-state index in [2.05, 4.69) is 37.4 Å². The van der Waals surface area contributed by atoms with Crippen LogP contribution in [0.2, 0.25) is 0 Å². The van der Waals surface area contributed by atoms with E-state index in [1.165, 1.54) is 10.6 Å². The quantitative estimate of drug-likeness (QED) is 0.0198. The highest BCUT2D eigenvalue weighted by Gasteiger charge is 2.46. The molecule has 74 heavy (non-hydrogen) atoms. The van der Waals surface area contributed by atoms with Crippen LogP contribution in [-0.4, -0.2) is 121 Å². The minimum Gasteiger partial charge on any atom is -0.458 e. The number of aromatic nitrogens is 2. The number of pyridine rings is 2. The standard InChI is InChI=1S/C51H63FN10O12/c1-3-51(71)34-23-39-47-32(27-62(39)49(69)33(34)28-74-50(51)70)46-36(12-11-31-29(2)35(52)24-37(60-47)45(31)46)58-42(65)10-7-16-57-61-48(68)38(22-30-8-5-4-6-9-30)59-44(67)26-56-43(66)25-55-41(64)14-18-72-20-21-73-19-17-54-40(63)13-15-53/h4-6,8-9,23-24,36,38,57,71H,3,7,10-22,25-28,53H2,1-2H3,(H,54,63)(H,55,64)(H,56,66)(H,58,65)(H,59,67)(H,61,68)/t36-,38?,51-/m0/s1. The molecular weight excluding hydrogens is 964 g/mol. The van der Waals surface area contributed by atoms with Crippen molar-refractivity contribution >= 4 is 52.3 Å². The number of benzene rings is 2. The summed E-state index contributed by atoms with van der Waals surface area (Å²) in [5, 5.41) is 25.4. The summed E-state index contributed by atoms with van der Waals surface area (Å²) in [5.74, 6) is -4.04. The van der Waals surface area contributed by atoms with Gasteiger partial charge in [-0.25, -0.2) is 19.6 Å². The number of nitrogens with zero attached hydrogens (tertiary/aromatic N) is 2. The van der Waals surface area contributed by atoms with E-state index >= 15 is 4.39 Å². The molecule has 0 fully saturated rings. The summed E-state index contributed by atoms with van der Waals surface area (Å²) < 4.78 is 32.8. The van der Waals surface area contributed by atoms with Crippen LogP contribution in [0.5, 0.6) is 0 Å². The first-order valence-corrected chi connectivity index (χ1v) is 24.8. The number of ether oxygens (including phenoxy) is 3. The Morgan fingerprint density at radius 2 is 1.62 bits per heavy atom. The molecule has 3 atom stereocenters. The van der Waals surface area contributed by atoms with Gasteiger partial charge in [-0.2, -0.15) is 0 Å². The summed E-state index contributed by atoms with van der Waals surface area (Å²) in [4.78, 5) is 108. The highest BCUT2D eigenvalue weighted by atomic mass is 19.1. The van der Waals surface area contributed by atoms with E-state index in [-0.39, 0.29) is 108 Å². The molecule has 10 N–H and O–H groups in total. The normalized spacial score (nSPS) is 16.5. The van der Waals surface area contributed by atoms with Crippen LogP contribution in [0, 0.1) is 12.7 Å². The van der Waals surface area contributed by atoms with Crippen molar-refractivity contribution in [1.29, 1.82) is 0 Å². The Bertz CT molecular complexity index is 2850. The van der Waals surface area contributed by atoms with Gasteiger partial charge in [-0.3, -0.25) is 39.0 Å². The Hall–Kier alpha value is -7.18. The SMILES string of the molecule is CC[C@@]1(O)C(=O)OCc2c1cc1n(c2=O)Cc2c-1nc1cc(F)c(C)c3c1c2[C@@H](NC(=O)CCCNNC(=O)C(Cc1ccccc1)NC(=O)CNC(=O)CNC(=O)CCOCCOCCNC(=O)CCN)CC3. The number of hydrazine groups is 1. The van der Waals surface area contributed by atoms with Crippen molar-refractivity contribution in [3.05, 3.63) is 97.6 Å². The summed E-state index contributed by atoms with van der Waals surface area (Å²) in [7, 11) is 0. The van der Waals surface area contributed by atoms with Crippen molar-refractivity contribution in [2.45, 2.75) is 96.1 Å². The van der Waals surface area contributed by atoms with E-state index in [0.717, 1.165) is 16.7 Å². The Morgan fingerprint density at radius 3 is 2.38 bits per heavy atom. The molecule has 0 saturated carbocycles. The monoisotopic (exact) mass is 1030 g/mol. The summed E-state index contributed by atoms with van der Waals surface area (Å²) >= 11 is 0. The van der Waals surface area contributed by atoms with Gasteiger partial charge in [-0.05, 0) is 60.9 Å². The average Bonchev–Trinajstić information content (AvgIpc) is 3.76. The molecule has 2 aliphatic heterocycles. The first kappa shape index (κ1) is 54.6. The van der Waals surface area contributed by atoms with Crippen molar-refractivity contribution in [2.24, 2.45) is 5.73 Å². The van der Waals surface area contributed by atoms with Crippen LogP contribution in [-0.2, 0) is 79.4 Å². The van der Waals surface area contributed by atoms with Gasteiger partial charge in [0, 0.05) is 67.9 Å². The molecule has 22 nitrogen and oxygen atoms in total. The zero-order chi connectivity index (χ0) is 52.9. The van der Waals surface area contributed by atoms with E-state index in [1.54, 1.807) is 44.2 Å². The van der Waals surface area contributed by atoms with Crippen molar-refractivity contribution in [3.63, 3.8) is 0 Å². The first-order valence-electron chi connectivity index (χ1n) is 24.8. The number of hydrogen-bond acceptors (Lipinski definition) is 15.